The second-order valence-corrected chi connectivity index (χ2v) is 11.1. The number of hydrogen-bond acceptors (Lipinski definition) is 2. The Morgan fingerprint density at radius 3 is 2.00 bits per heavy atom. The third kappa shape index (κ3) is 3.21. The maximum absolute atomic E-state index is 5.09. The van der Waals surface area contributed by atoms with Crippen LogP contribution in [0.5, 0.6) is 0 Å². The number of para-hydroxylation sites is 1. The summed E-state index contributed by atoms with van der Waals surface area (Å²) in [6.45, 7) is 2.14. The Morgan fingerprint density at radius 2 is 1.18 bits per heavy atom. The molecule has 0 radical (unpaired) electrons. The fraction of sp³-hybridized carbons (Fsp3) is 0.0278. The van der Waals surface area contributed by atoms with E-state index in [2.05, 4.69) is 128 Å². The summed E-state index contributed by atoms with van der Waals surface area (Å²) in [5.74, 6) is 0. The quantitative estimate of drug-likeness (QED) is 0.219. The zero-order valence-electron chi connectivity index (χ0n) is 20.9. The van der Waals surface area contributed by atoms with Gasteiger partial charge in [0, 0.05) is 5.56 Å². The molecule has 38 heavy (non-hydrogen) atoms. The fourth-order valence-electron chi connectivity index (χ4n) is 5.90. The molecule has 2 heteroatoms. The van der Waals surface area contributed by atoms with Crippen molar-refractivity contribution < 1.29 is 0 Å². The van der Waals surface area contributed by atoms with E-state index in [-0.39, 0.29) is 0 Å². The summed E-state index contributed by atoms with van der Waals surface area (Å²) < 4.78 is 1.22. The molecule has 0 amide bonds. The lowest BCUT2D eigenvalue weighted by atomic mass is 9.85. The van der Waals surface area contributed by atoms with Gasteiger partial charge in [0.25, 0.3) is 0 Å². The standard InChI is InChI=1S/C36H23NS/c1-22-11-13-24(14-12-22)26-17-15-25-16-18-28-30(23-7-3-2-4-8-23)21-31(29-20-19-27(26)34(25)35(28)29)36-37-32-9-5-6-10-33(32)38-36/h2-21H,1H3. The van der Waals surface area contributed by atoms with Crippen molar-refractivity contribution in [3.8, 4) is 32.8 Å². The Kier molecular flexibility index (Phi) is 4.67. The maximum atomic E-state index is 5.09. The van der Waals surface area contributed by atoms with Gasteiger partial charge in [-0.15, -0.1) is 11.3 Å². The second kappa shape index (κ2) is 8.24. The summed E-state index contributed by atoms with van der Waals surface area (Å²) in [4.78, 5) is 5.09. The molecule has 8 rings (SSSR count). The van der Waals surface area contributed by atoms with Crippen LogP contribution in [-0.2, 0) is 0 Å². The van der Waals surface area contributed by atoms with Crippen LogP contribution in [0.1, 0.15) is 5.56 Å². The smallest absolute Gasteiger partial charge is 0.125 e. The van der Waals surface area contributed by atoms with E-state index in [1.54, 1.807) is 11.3 Å². The van der Waals surface area contributed by atoms with Crippen LogP contribution >= 0.6 is 11.3 Å². The minimum absolute atomic E-state index is 1.06. The van der Waals surface area contributed by atoms with Gasteiger partial charge in [-0.2, -0.15) is 0 Å². The van der Waals surface area contributed by atoms with Gasteiger partial charge in [-0.1, -0.05) is 109 Å². The van der Waals surface area contributed by atoms with E-state index in [1.807, 2.05) is 0 Å². The van der Waals surface area contributed by atoms with E-state index in [4.69, 9.17) is 4.98 Å². The molecule has 0 aliphatic heterocycles. The van der Waals surface area contributed by atoms with Crippen LogP contribution in [0.2, 0.25) is 0 Å². The van der Waals surface area contributed by atoms with E-state index in [1.165, 1.54) is 70.4 Å². The van der Waals surface area contributed by atoms with Gasteiger partial charge in [0.1, 0.15) is 5.01 Å². The van der Waals surface area contributed by atoms with Crippen LogP contribution in [0.4, 0.5) is 0 Å². The lowest BCUT2D eigenvalue weighted by molar-refractivity contribution is 1.47. The van der Waals surface area contributed by atoms with Crippen LogP contribution in [0.25, 0.3) is 75.4 Å². The average Bonchev–Trinajstić information content (AvgIpc) is 3.41. The molecule has 0 bridgehead atoms. The summed E-state index contributed by atoms with van der Waals surface area (Å²) in [6, 6.07) is 44.2. The molecule has 0 saturated carbocycles. The van der Waals surface area contributed by atoms with E-state index in [0.29, 0.717) is 0 Å². The van der Waals surface area contributed by atoms with Crippen LogP contribution in [0.15, 0.2) is 121 Å². The van der Waals surface area contributed by atoms with Gasteiger partial charge in [-0.3, -0.25) is 0 Å². The Balaban J connectivity index is 1.52. The molecule has 1 heterocycles. The average molecular weight is 502 g/mol. The summed E-state index contributed by atoms with van der Waals surface area (Å²) in [7, 11) is 0. The highest BCUT2D eigenvalue weighted by Crippen LogP contribution is 2.46. The molecule has 0 unspecified atom stereocenters. The molecule has 0 aliphatic rings. The first kappa shape index (κ1) is 21.5. The minimum Gasteiger partial charge on any atom is -0.236 e. The molecular weight excluding hydrogens is 478 g/mol. The first-order valence-corrected chi connectivity index (χ1v) is 13.8. The minimum atomic E-state index is 1.06. The van der Waals surface area contributed by atoms with Gasteiger partial charge in [0.15, 0.2) is 0 Å². The van der Waals surface area contributed by atoms with Crippen molar-refractivity contribution in [1.82, 2.24) is 4.98 Å². The number of fused-ring (bicyclic) bond motifs is 1. The van der Waals surface area contributed by atoms with Crippen LogP contribution in [0.3, 0.4) is 0 Å². The Bertz CT molecular complexity index is 2090. The van der Waals surface area contributed by atoms with Crippen LogP contribution < -0.4 is 0 Å². The molecule has 1 aromatic heterocycles. The first-order valence-electron chi connectivity index (χ1n) is 13.0. The van der Waals surface area contributed by atoms with Gasteiger partial charge >= 0.3 is 0 Å². The number of thiazole rings is 1. The molecule has 1 nitrogen and oxygen atoms in total. The summed E-state index contributed by atoms with van der Waals surface area (Å²) in [5.41, 5.74) is 8.55. The van der Waals surface area contributed by atoms with Crippen molar-refractivity contribution in [2.45, 2.75) is 6.92 Å². The van der Waals surface area contributed by atoms with E-state index >= 15 is 0 Å². The molecule has 0 aliphatic carbocycles. The van der Waals surface area contributed by atoms with Crippen molar-refractivity contribution in [3.63, 3.8) is 0 Å². The molecule has 178 valence electrons. The van der Waals surface area contributed by atoms with Crippen LogP contribution in [-0.4, -0.2) is 4.98 Å². The van der Waals surface area contributed by atoms with E-state index in [9.17, 15) is 0 Å². The number of rotatable bonds is 3. The molecule has 0 N–H and O–H groups in total. The van der Waals surface area contributed by atoms with Crippen molar-refractivity contribution in [2.24, 2.45) is 0 Å². The monoisotopic (exact) mass is 501 g/mol. The number of aryl methyl sites for hydroxylation is 1. The van der Waals surface area contributed by atoms with Gasteiger partial charge < -0.3 is 0 Å². The van der Waals surface area contributed by atoms with E-state index in [0.717, 1.165) is 10.5 Å². The fourth-order valence-corrected chi connectivity index (χ4v) is 6.90. The molecular formula is C36H23NS. The molecule has 0 fully saturated rings. The number of hydrogen-bond donors (Lipinski definition) is 0. The normalized spacial score (nSPS) is 11.8. The third-order valence-electron chi connectivity index (χ3n) is 7.75. The number of aromatic nitrogens is 1. The summed E-state index contributed by atoms with van der Waals surface area (Å²) in [6.07, 6.45) is 0. The SMILES string of the molecule is Cc1ccc(-c2ccc3ccc4c(-c5ccccc5)cc(-c5nc6ccccc6s5)c5ccc2c3c45)cc1. The van der Waals surface area contributed by atoms with Crippen molar-refractivity contribution >= 4 is 53.9 Å². The summed E-state index contributed by atoms with van der Waals surface area (Å²) in [5, 5.41) is 8.84. The highest BCUT2D eigenvalue weighted by atomic mass is 32.1. The Hall–Kier alpha value is -4.53. The lowest BCUT2D eigenvalue weighted by Gasteiger charge is -2.18. The molecule has 0 atom stereocenters. The van der Waals surface area contributed by atoms with Crippen LogP contribution in [0, 0.1) is 6.92 Å². The molecule has 7 aromatic carbocycles. The zero-order chi connectivity index (χ0) is 25.2. The Labute approximate surface area is 225 Å². The first-order chi connectivity index (χ1) is 18.7. The zero-order valence-corrected chi connectivity index (χ0v) is 21.7. The largest absolute Gasteiger partial charge is 0.236 e. The third-order valence-corrected chi connectivity index (χ3v) is 8.82. The van der Waals surface area contributed by atoms with Crippen molar-refractivity contribution in [1.29, 1.82) is 0 Å². The van der Waals surface area contributed by atoms with E-state index < -0.39 is 0 Å². The van der Waals surface area contributed by atoms with Crippen molar-refractivity contribution in [3.05, 3.63) is 127 Å². The highest BCUT2D eigenvalue weighted by molar-refractivity contribution is 7.21. The van der Waals surface area contributed by atoms with Crippen molar-refractivity contribution in [2.75, 3.05) is 0 Å². The molecule has 0 spiro atoms. The van der Waals surface area contributed by atoms with Gasteiger partial charge in [-0.25, -0.2) is 4.98 Å². The highest BCUT2D eigenvalue weighted by Gasteiger charge is 2.19. The number of benzene rings is 7. The second-order valence-electron chi connectivity index (χ2n) is 10.1. The topological polar surface area (TPSA) is 12.9 Å². The van der Waals surface area contributed by atoms with Gasteiger partial charge in [0.2, 0.25) is 0 Å². The molecule has 8 aromatic rings. The Morgan fingerprint density at radius 1 is 0.526 bits per heavy atom. The predicted octanol–water partition coefficient (Wildman–Crippen LogP) is 10.5. The number of nitrogens with zero attached hydrogens (tertiary/aromatic N) is 1. The lowest BCUT2D eigenvalue weighted by Crippen LogP contribution is -1.92. The summed E-state index contributed by atoms with van der Waals surface area (Å²) >= 11 is 1.77. The molecule has 0 saturated heterocycles. The maximum Gasteiger partial charge on any atom is 0.125 e. The van der Waals surface area contributed by atoms with Gasteiger partial charge in [-0.05, 0) is 79.7 Å². The van der Waals surface area contributed by atoms with Gasteiger partial charge in [0.05, 0.1) is 10.2 Å². The predicted molar refractivity (Wildman–Crippen MR) is 164 cm³/mol.